The summed E-state index contributed by atoms with van der Waals surface area (Å²) >= 11 is 0. The highest BCUT2D eigenvalue weighted by atomic mass is 16.5. The zero-order chi connectivity index (χ0) is 15.4. The third-order valence-corrected chi connectivity index (χ3v) is 3.15. The van der Waals surface area contributed by atoms with Gasteiger partial charge in [-0.25, -0.2) is 0 Å². The number of ether oxygens (including phenoxy) is 3. The molecule has 0 saturated carbocycles. The maximum Gasteiger partial charge on any atom is 0.203 e. The monoisotopic (exact) mass is 290 g/mol. The van der Waals surface area contributed by atoms with Crippen LogP contribution in [0.2, 0.25) is 0 Å². The van der Waals surface area contributed by atoms with E-state index in [9.17, 15) is 4.79 Å². The van der Waals surface area contributed by atoms with Gasteiger partial charge in [-0.05, 0) is 19.1 Å². The molecule has 1 aromatic carbocycles. The molecule has 1 aromatic heterocycles. The van der Waals surface area contributed by atoms with Gasteiger partial charge in [0.15, 0.2) is 17.3 Å². The fourth-order valence-corrected chi connectivity index (χ4v) is 2.03. The van der Waals surface area contributed by atoms with Crippen LogP contribution < -0.4 is 14.2 Å². The number of carbonyl (C=O) groups excluding carboxylic acids is 1. The minimum atomic E-state index is -0.144. The zero-order valence-corrected chi connectivity index (χ0v) is 12.5. The smallest absolute Gasteiger partial charge is 0.203 e. The van der Waals surface area contributed by atoms with Crippen molar-refractivity contribution in [2.24, 2.45) is 0 Å². The van der Waals surface area contributed by atoms with Crippen LogP contribution in [0, 0.1) is 0 Å². The van der Waals surface area contributed by atoms with E-state index in [1.165, 1.54) is 21.3 Å². The molecule has 0 atom stereocenters. The number of aryl methyl sites for hydroxylation is 1. The van der Waals surface area contributed by atoms with Crippen molar-refractivity contribution in [1.82, 2.24) is 9.78 Å². The lowest BCUT2D eigenvalue weighted by atomic mass is 10.1. The molecule has 0 aliphatic heterocycles. The van der Waals surface area contributed by atoms with E-state index >= 15 is 0 Å². The van der Waals surface area contributed by atoms with Crippen LogP contribution >= 0.6 is 0 Å². The summed E-state index contributed by atoms with van der Waals surface area (Å²) < 4.78 is 17.4. The molecule has 0 amide bonds. The molecule has 1 heterocycles. The van der Waals surface area contributed by atoms with Gasteiger partial charge in [-0.3, -0.25) is 9.48 Å². The Kier molecular flexibility index (Phi) is 4.47. The van der Waals surface area contributed by atoms with E-state index in [1.54, 1.807) is 29.2 Å². The van der Waals surface area contributed by atoms with Gasteiger partial charge >= 0.3 is 0 Å². The molecule has 0 spiro atoms. The molecular formula is C15H18N2O4. The van der Waals surface area contributed by atoms with Crippen LogP contribution in [0.3, 0.4) is 0 Å². The molecule has 21 heavy (non-hydrogen) atoms. The number of rotatable bonds is 6. The molecule has 0 N–H and O–H groups in total. The lowest BCUT2D eigenvalue weighted by Crippen LogP contribution is -2.03. The second kappa shape index (κ2) is 6.30. The second-order valence-corrected chi connectivity index (χ2v) is 4.33. The Morgan fingerprint density at radius 2 is 1.71 bits per heavy atom. The Morgan fingerprint density at radius 3 is 2.14 bits per heavy atom. The van der Waals surface area contributed by atoms with Crippen LogP contribution in [0.4, 0.5) is 0 Å². The van der Waals surface area contributed by atoms with Gasteiger partial charge in [0.25, 0.3) is 0 Å². The Morgan fingerprint density at radius 1 is 1.10 bits per heavy atom. The van der Waals surface area contributed by atoms with Crippen LogP contribution in [0.15, 0.2) is 24.5 Å². The van der Waals surface area contributed by atoms with Gasteiger partial charge in [0, 0.05) is 18.3 Å². The van der Waals surface area contributed by atoms with Crippen LogP contribution in [-0.2, 0) is 6.54 Å². The number of hydrogen-bond donors (Lipinski definition) is 0. The molecule has 0 fully saturated rings. The highest BCUT2D eigenvalue weighted by molar-refractivity contribution is 6.09. The van der Waals surface area contributed by atoms with Gasteiger partial charge in [0.05, 0.1) is 33.1 Å². The fourth-order valence-electron chi connectivity index (χ4n) is 2.03. The summed E-state index contributed by atoms with van der Waals surface area (Å²) in [4.78, 5) is 12.5. The predicted molar refractivity (Wildman–Crippen MR) is 77.4 cm³/mol. The van der Waals surface area contributed by atoms with Gasteiger partial charge in [-0.15, -0.1) is 0 Å². The van der Waals surface area contributed by atoms with Crippen LogP contribution in [0.25, 0.3) is 0 Å². The minimum absolute atomic E-state index is 0.144. The van der Waals surface area contributed by atoms with Gasteiger partial charge in [0.1, 0.15) is 0 Å². The van der Waals surface area contributed by atoms with E-state index in [4.69, 9.17) is 14.2 Å². The maximum absolute atomic E-state index is 12.5. The average molecular weight is 290 g/mol. The summed E-state index contributed by atoms with van der Waals surface area (Å²) in [7, 11) is 4.55. The average Bonchev–Trinajstić information content (AvgIpc) is 3.01. The molecule has 0 saturated heterocycles. The first-order valence-electron chi connectivity index (χ1n) is 6.51. The number of ketones is 1. The Balaban J connectivity index is 2.45. The molecule has 0 radical (unpaired) electrons. The van der Waals surface area contributed by atoms with Crippen LogP contribution in [0.5, 0.6) is 17.2 Å². The minimum Gasteiger partial charge on any atom is -0.493 e. The summed E-state index contributed by atoms with van der Waals surface area (Å²) in [6, 6.07) is 3.26. The van der Waals surface area contributed by atoms with Gasteiger partial charge < -0.3 is 14.2 Å². The van der Waals surface area contributed by atoms with Gasteiger partial charge in [0.2, 0.25) is 5.75 Å². The topological polar surface area (TPSA) is 62.6 Å². The van der Waals surface area contributed by atoms with Crippen molar-refractivity contribution in [3.05, 3.63) is 35.7 Å². The van der Waals surface area contributed by atoms with Gasteiger partial charge in [-0.1, -0.05) is 0 Å². The van der Waals surface area contributed by atoms with Crippen molar-refractivity contribution in [3.8, 4) is 17.2 Å². The second-order valence-electron chi connectivity index (χ2n) is 4.33. The number of methoxy groups -OCH3 is 3. The molecule has 6 heteroatoms. The molecule has 0 bridgehead atoms. The zero-order valence-electron chi connectivity index (χ0n) is 12.5. The number of carbonyl (C=O) groups is 1. The highest BCUT2D eigenvalue weighted by Crippen LogP contribution is 2.38. The van der Waals surface area contributed by atoms with E-state index in [2.05, 4.69) is 5.10 Å². The van der Waals surface area contributed by atoms with Gasteiger partial charge in [-0.2, -0.15) is 5.10 Å². The maximum atomic E-state index is 12.5. The van der Waals surface area contributed by atoms with Crippen molar-refractivity contribution in [1.29, 1.82) is 0 Å². The normalized spacial score (nSPS) is 10.3. The molecule has 2 aromatic rings. The first-order valence-corrected chi connectivity index (χ1v) is 6.51. The van der Waals surface area contributed by atoms with E-state index in [-0.39, 0.29) is 5.78 Å². The molecule has 0 aliphatic rings. The van der Waals surface area contributed by atoms with E-state index in [0.29, 0.717) is 34.9 Å². The number of nitrogens with zero attached hydrogens (tertiary/aromatic N) is 2. The van der Waals surface area contributed by atoms with Crippen LogP contribution in [-0.4, -0.2) is 36.9 Å². The van der Waals surface area contributed by atoms with Crippen molar-refractivity contribution >= 4 is 5.78 Å². The molecule has 112 valence electrons. The largest absolute Gasteiger partial charge is 0.493 e. The Hall–Kier alpha value is -2.50. The van der Waals surface area contributed by atoms with E-state index < -0.39 is 0 Å². The Bertz CT molecular complexity index is 624. The summed E-state index contributed by atoms with van der Waals surface area (Å²) in [5.41, 5.74) is 0.978. The fraction of sp³-hybridized carbons (Fsp3) is 0.333. The first-order chi connectivity index (χ1) is 10.1. The molecule has 2 rings (SSSR count). The lowest BCUT2D eigenvalue weighted by molar-refractivity contribution is 0.103. The molecule has 0 aliphatic carbocycles. The van der Waals surface area contributed by atoms with E-state index in [0.717, 1.165) is 0 Å². The SMILES string of the molecule is CCn1cc(C(=O)c2cc(OC)c(OC)c(OC)c2)cn1. The summed E-state index contributed by atoms with van der Waals surface area (Å²) in [5.74, 6) is 1.21. The van der Waals surface area contributed by atoms with Crippen molar-refractivity contribution < 1.29 is 19.0 Å². The third-order valence-electron chi connectivity index (χ3n) is 3.15. The number of hydrogen-bond acceptors (Lipinski definition) is 5. The van der Waals surface area contributed by atoms with Crippen LogP contribution in [0.1, 0.15) is 22.8 Å². The quantitative estimate of drug-likeness (QED) is 0.763. The lowest BCUT2D eigenvalue weighted by Gasteiger charge is -2.13. The number of benzene rings is 1. The number of aromatic nitrogens is 2. The molecule has 0 unspecified atom stereocenters. The third kappa shape index (κ3) is 2.84. The molecule has 6 nitrogen and oxygen atoms in total. The summed E-state index contributed by atoms with van der Waals surface area (Å²) in [5, 5.41) is 4.11. The first kappa shape index (κ1) is 14.9. The summed E-state index contributed by atoms with van der Waals surface area (Å²) in [6.45, 7) is 2.67. The highest BCUT2D eigenvalue weighted by Gasteiger charge is 2.18. The predicted octanol–water partition coefficient (Wildman–Crippen LogP) is 2.16. The van der Waals surface area contributed by atoms with Crippen molar-refractivity contribution in [2.45, 2.75) is 13.5 Å². The standard InChI is InChI=1S/C15H18N2O4/c1-5-17-9-11(8-16-17)14(18)10-6-12(19-2)15(21-4)13(7-10)20-3/h6-9H,5H2,1-4H3. The van der Waals surface area contributed by atoms with Crippen molar-refractivity contribution in [3.63, 3.8) is 0 Å². The molecular weight excluding hydrogens is 272 g/mol. The van der Waals surface area contributed by atoms with E-state index in [1.807, 2.05) is 6.92 Å². The Labute approximate surface area is 123 Å². The summed E-state index contributed by atoms with van der Waals surface area (Å²) in [6.07, 6.45) is 3.26. The van der Waals surface area contributed by atoms with Crippen molar-refractivity contribution in [2.75, 3.05) is 21.3 Å².